The third kappa shape index (κ3) is 6.91. The van der Waals surface area contributed by atoms with E-state index in [9.17, 15) is 13.2 Å². The summed E-state index contributed by atoms with van der Waals surface area (Å²) in [6, 6.07) is 15.5. The minimum Gasteiger partial charge on any atom is -0.352 e. The Morgan fingerprint density at radius 1 is 1.00 bits per heavy atom. The average molecular weight is 443 g/mol. The van der Waals surface area contributed by atoms with E-state index in [0.29, 0.717) is 12.6 Å². The molecule has 0 spiro atoms. The molecule has 1 amide bonds. The third-order valence-corrected chi connectivity index (χ3v) is 7.92. The molecule has 0 radical (unpaired) electrons. The number of aryl methyl sites for hydroxylation is 1. The largest absolute Gasteiger partial charge is 0.352 e. The van der Waals surface area contributed by atoms with Crippen molar-refractivity contribution in [3.63, 3.8) is 0 Å². The Morgan fingerprint density at radius 3 is 2.32 bits per heavy atom. The molecule has 0 heterocycles. The van der Waals surface area contributed by atoms with Gasteiger partial charge in [-0.1, -0.05) is 61.2 Å². The van der Waals surface area contributed by atoms with Gasteiger partial charge in [0.15, 0.2) is 9.84 Å². The predicted molar refractivity (Wildman–Crippen MR) is 124 cm³/mol. The SMILES string of the molecule is Cc1ccc(S(=O)(=O)CCC(=O)NCc2ccccc2CN(C)C2CCCCC2)cc1. The number of nitrogens with one attached hydrogen (secondary N) is 1. The summed E-state index contributed by atoms with van der Waals surface area (Å²) in [5.41, 5.74) is 3.30. The quantitative estimate of drug-likeness (QED) is 0.631. The standard InChI is InChI=1S/C25H34N2O3S/c1-20-12-14-24(15-13-20)31(29,30)17-16-25(28)26-18-21-8-6-7-9-22(21)19-27(2)23-10-4-3-5-11-23/h6-9,12-15,23H,3-5,10-11,16-19H2,1-2H3,(H,26,28). The van der Waals surface area contributed by atoms with E-state index in [1.807, 2.05) is 25.1 Å². The van der Waals surface area contributed by atoms with Crippen LogP contribution in [0.1, 0.15) is 55.2 Å². The van der Waals surface area contributed by atoms with Crippen molar-refractivity contribution in [2.45, 2.75) is 69.5 Å². The van der Waals surface area contributed by atoms with Gasteiger partial charge in [0.25, 0.3) is 0 Å². The minimum absolute atomic E-state index is 0.0413. The number of hydrogen-bond acceptors (Lipinski definition) is 4. The Morgan fingerprint density at radius 2 is 1.65 bits per heavy atom. The first-order valence-corrected chi connectivity index (χ1v) is 12.8. The first-order valence-electron chi connectivity index (χ1n) is 11.2. The van der Waals surface area contributed by atoms with Gasteiger partial charge in [-0.05, 0) is 50.1 Å². The summed E-state index contributed by atoms with van der Waals surface area (Å²) in [4.78, 5) is 15.0. The van der Waals surface area contributed by atoms with E-state index in [2.05, 4.69) is 23.3 Å². The van der Waals surface area contributed by atoms with E-state index in [1.54, 1.807) is 24.3 Å². The molecule has 1 aliphatic carbocycles. The van der Waals surface area contributed by atoms with E-state index >= 15 is 0 Å². The van der Waals surface area contributed by atoms with Gasteiger partial charge in [-0.15, -0.1) is 0 Å². The summed E-state index contributed by atoms with van der Waals surface area (Å²) in [5.74, 6) is -0.431. The van der Waals surface area contributed by atoms with Gasteiger partial charge in [0.2, 0.25) is 5.91 Å². The molecule has 0 saturated heterocycles. The molecule has 0 unspecified atom stereocenters. The summed E-state index contributed by atoms with van der Waals surface area (Å²) < 4.78 is 24.9. The fourth-order valence-electron chi connectivity index (χ4n) is 4.18. The Balaban J connectivity index is 1.52. The van der Waals surface area contributed by atoms with Gasteiger partial charge in [-0.2, -0.15) is 0 Å². The van der Waals surface area contributed by atoms with Gasteiger partial charge < -0.3 is 5.32 Å². The number of sulfone groups is 1. The highest BCUT2D eigenvalue weighted by molar-refractivity contribution is 7.91. The summed E-state index contributed by atoms with van der Waals surface area (Å²) in [7, 11) is -1.28. The van der Waals surface area contributed by atoms with Crippen LogP contribution in [-0.2, 0) is 27.7 Å². The van der Waals surface area contributed by atoms with Crippen LogP contribution in [0.5, 0.6) is 0 Å². The Hall–Kier alpha value is -2.18. The van der Waals surface area contributed by atoms with Crippen molar-refractivity contribution in [1.82, 2.24) is 10.2 Å². The Labute approximate surface area is 186 Å². The van der Waals surface area contributed by atoms with Crippen LogP contribution in [0.2, 0.25) is 0 Å². The van der Waals surface area contributed by atoms with Crippen molar-refractivity contribution in [2.75, 3.05) is 12.8 Å². The van der Waals surface area contributed by atoms with E-state index in [-0.39, 0.29) is 23.0 Å². The molecule has 5 nitrogen and oxygen atoms in total. The molecule has 168 valence electrons. The maximum atomic E-state index is 12.5. The number of amides is 1. The topological polar surface area (TPSA) is 66.5 Å². The second kappa shape index (κ2) is 10.9. The van der Waals surface area contributed by atoms with Crippen molar-refractivity contribution in [3.05, 3.63) is 65.2 Å². The molecular formula is C25H34N2O3S. The van der Waals surface area contributed by atoms with Gasteiger partial charge >= 0.3 is 0 Å². The Bertz CT molecular complexity index is 965. The first-order chi connectivity index (χ1) is 14.8. The van der Waals surface area contributed by atoms with Gasteiger partial charge in [0, 0.05) is 25.6 Å². The monoisotopic (exact) mass is 442 g/mol. The fourth-order valence-corrected chi connectivity index (χ4v) is 5.42. The van der Waals surface area contributed by atoms with Crippen LogP contribution < -0.4 is 5.32 Å². The molecule has 0 bridgehead atoms. The normalized spacial score (nSPS) is 15.2. The molecule has 0 atom stereocenters. The first kappa shape index (κ1) is 23.5. The van der Waals surface area contributed by atoms with E-state index in [0.717, 1.165) is 17.7 Å². The highest BCUT2D eigenvalue weighted by atomic mass is 32.2. The molecule has 0 aliphatic heterocycles. The summed E-state index contributed by atoms with van der Waals surface area (Å²) >= 11 is 0. The second-order valence-electron chi connectivity index (χ2n) is 8.63. The van der Waals surface area contributed by atoms with Crippen LogP contribution in [0.3, 0.4) is 0 Å². The van der Waals surface area contributed by atoms with Gasteiger partial charge in [0.05, 0.1) is 10.6 Å². The molecule has 1 fully saturated rings. The zero-order chi connectivity index (χ0) is 22.3. The molecule has 2 aromatic carbocycles. The van der Waals surface area contributed by atoms with Crippen molar-refractivity contribution in [2.24, 2.45) is 0 Å². The van der Waals surface area contributed by atoms with E-state index in [1.165, 1.54) is 37.7 Å². The van der Waals surface area contributed by atoms with Crippen molar-refractivity contribution >= 4 is 15.7 Å². The van der Waals surface area contributed by atoms with Gasteiger partial charge in [-0.25, -0.2) is 8.42 Å². The van der Waals surface area contributed by atoms with E-state index in [4.69, 9.17) is 0 Å². The summed E-state index contributed by atoms with van der Waals surface area (Å²) in [6.45, 7) is 3.19. The summed E-state index contributed by atoms with van der Waals surface area (Å²) in [5, 5.41) is 2.90. The highest BCUT2D eigenvalue weighted by Crippen LogP contribution is 2.23. The maximum Gasteiger partial charge on any atom is 0.221 e. The number of carbonyl (C=O) groups is 1. The smallest absolute Gasteiger partial charge is 0.221 e. The fraction of sp³-hybridized carbons (Fsp3) is 0.480. The zero-order valence-electron chi connectivity index (χ0n) is 18.6. The van der Waals surface area contributed by atoms with Gasteiger partial charge in [0.1, 0.15) is 0 Å². The van der Waals surface area contributed by atoms with E-state index < -0.39 is 9.84 Å². The molecule has 6 heteroatoms. The number of rotatable bonds is 9. The summed E-state index contributed by atoms with van der Waals surface area (Å²) in [6.07, 6.45) is 6.42. The van der Waals surface area contributed by atoms with Crippen LogP contribution in [0, 0.1) is 6.92 Å². The van der Waals surface area contributed by atoms with Crippen LogP contribution >= 0.6 is 0 Å². The van der Waals surface area contributed by atoms with Crippen molar-refractivity contribution < 1.29 is 13.2 Å². The number of nitrogens with zero attached hydrogens (tertiary/aromatic N) is 1. The Kier molecular flexibility index (Phi) is 8.27. The molecule has 1 aliphatic rings. The van der Waals surface area contributed by atoms with Crippen LogP contribution in [-0.4, -0.2) is 38.1 Å². The van der Waals surface area contributed by atoms with Gasteiger partial charge in [-0.3, -0.25) is 9.69 Å². The predicted octanol–water partition coefficient (Wildman–Crippen LogP) is 4.24. The zero-order valence-corrected chi connectivity index (χ0v) is 19.5. The third-order valence-electron chi connectivity index (χ3n) is 6.19. The molecule has 1 N–H and O–H groups in total. The highest BCUT2D eigenvalue weighted by Gasteiger charge is 2.19. The minimum atomic E-state index is -3.46. The van der Waals surface area contributed by atoms with Crippen LogP contribution in [0.4, 0.5) is 0 Å². The molecule has 3 rings (SSSR count). The number of benzene rings is 2. The molecule has 2 aromatic rings. The maximum absolute atomic E-state index is 12.5. The average Bonchev–Trinajstić information content (AvgIpc) is 2.78. The molecule has 31 heavy (non-hydrogen) atoms. The molecule has 1 saturated carbocycles. The lowest BCUT2D eigenvalue weighted by Gasteiger charge is -2.31. The lowest BCUT2D eigenvalue weighted by atomic mass is 9.94. The number of hydrogen-bond donors (Lipinski definition) is 1. The molecule has 0 aromatic heterocycles. The van der Waals surface area contributed by atoms with Crippen LogP contribution in [0.25, 0.3) is 0 Å². The van der Waals surface area contributed by atoms with Crippen molar-refractivity contribution in [1.29, 1.82) is 0 Å². The van der Waals surface area contributed by atoms with Crippen LogP contribution in [0.15, 0.2) is 53.4 Å². The lowest BCUT2D eigenvalue weighted by Crippen LogP contribution is -2.33. The number of carbonyl (C=O) groups excluding carboxylic acids is 1. The van der Waals surface area contributed by atoms with Crippen molar-refractivity contribution in [3.8, 4) is 0 Å². The molecular weight excluding hydrogens is 408 g/mol. The lowest BCUT2D eigenvalue weighted by molar-refractivity contribution is -0.120. The second-order valence-corrected chi connectivity index (χ2v) is 10.7.